The second-order valence-electron chi connectivity index (χ2n) is 4.88. The first-order valence-corrected chi connectivity index (χ1v) is 8.59. The maximum absolute atomic E-state index is 11.7. The SMILES string of the molecule is CC1CCC(NC(=O)CSCc2ccc(Cl)s2)C1. The number of amides is 1. The molecule has 1 amide bonds. The molecule has 1 aromatic heterocycles. The molecule has 2 unspecified atom stereocenters. The van der Waals surface area contributed by atoms with E-state index in [1.54, 1.807) is 23.1 Å². The number of hydrogen-bond donors (Lipinski definition) is 1. The summed E-state index contributed by atoms with van der Waals surface area (Å²) in [7, 11) is 0. The van der Waals surface area contributed by atoms with Gasteiger partial charge in [-0.25, -0.2) is 0 Å². The Balaban J connectivity index is 1.63. The molecule has 0 radical (unpaired) electrons. The normalized spacial score (nSPS) is 23.2. The average molecular weight is 304 g/mol. The Morgan fingerprint density at radius 3 is 3.00 bits per heavy atom. The van der Waals surface area contributed by atoms with E-state index in [0.717, 1.165) is 28.8 Å². The number of halogens is 1. The highest BCUT2D eigenvalue weighted by atomic mass is 35.5. The van der Waals surface area contributed by atoms with E-state index in [4.69, 9.17) is 11.6 Å². The van der Waals surface area contributed by atoms with Gasteiger partial charge in [0.2, 0.25) is 5.91 Å². The third-order valence-electron chi connectivity index (χ3n) is 3.17. The van der Waals surface area contributed by atoms with Gasteiger partial charge in [-0.3, -0.25) is 4.79 Å². The molecular weight excluding hydrogens is 286 g/mol. The van der Waals surface area contributed by atoms with Crippen molar-refractivity contribution >= 4 is 40.6 Å². The molecule has 5 heteroatoms. The standard InChI is InChI=1S/C13H18ClNOS2/c1-9-2-3-10(6-9)15-13(16)8-17-7-11-4-5-12(14)18-11/h4-5,9-10H,2-3,6-8H2,1H3,(H,15,16). The van der Waals surface area contributed by atoms with Crippen molar-refractivity contribution in [3.8, 4) is 0 Å². The average Bonchev–Trinajstić information content (AvgIpc) is 2.88. The van der Waals surface area contributed by atoms with Crippen LogP contribution in [0.25, 0.3) is 0 Å². The number of nitrogens with one attached hydrogen (secondary N) is 1. The van der Waals surface area contributed by atoms with Crippen molar-refractivity contribution in [1.82, 2.24) is 5.32 Å². The minimum absolute atomic E-state index is 0.168. The Hall–Kier alpha value is -0.190. The quantitative estimate of drug-likeness (QED) is 0.892. The predicted octanol–water partition coefficient (Wildman–Crippen LogP) is 3.94. The van der Waals surface area contributed by atoms with E-state index in [2.05, 4.69) is 12.2 Å². The van der Waals surface area contributed by atoms with Gasteiger partial charge in [0.1, 0.15) is 0 Å². The fourth-order valence-electron chi connectivity index (χ4n) is 2.28. The lowest BCUT2D eigenvalue weighted by Gasteiger charge is -2.11. The zero-order valence-electron chi connectivity index (χ0n) is 10.4. The lowest BCUT2D eigenvalue weighted by atomic mass is 10.1. The number of thioether (sulfide) groups is 1. The molecule has 1 saturated carbocycles. The molecule has 1 aliphatic carbocycles. The van der Waals surface area contributed by atoms with Gasteiger partial charge in [0.05, 0.1) is 10.1 Å². The van der Waals surface area contributed by atoms with Crippen molar-refractivity contribution in [2.24, 2.45) is 5.92 Å². The lowest BCUT2D eigenvalue weighted by Crippen LogP contribution is -2.34. The molecule has 1 aromatic rings. The minimum Gasteiger partial charge on any atom is -0.353 e. The smallest absolute Gasteiger partial charge is 0.230 e. The largest absolute Gasteiger partial charge is 0.353 e. The van der Waals surface area contributed by atoms with Crippen LogP contribution < -0.4 is 5.32 Å². The molecule has 0 bridgehead atoms. The number of rotatable bonds is 5. The highest BCUT2D eigenvalue weighted by molar-refractivity contribution is 7.99. The Morgan fingerprint density at radius 1 is 1.56 bits per heavy atom. The Kier molecular flexibility index (Phi) is 5.39. The van der Waals surface area contributed by atoms with Crippen molar-refractivity contribution in [3.05, 3.63) is 21.3 Å². The molecule has 100 valence electrons. The van der Waals surface area contributed by atoms with Crippen LogP contribution in [0.15, 0.2) is 12.1 Å². The summed E-state index contributed by atoms with van der Waals surface area (Å²) in [6.45, 7) is 2.25. The Morgan fingerprint density at radius 2 is 2.39 bits per heavy atom. The Labute approximate surface area is 121 Å². The third kappa shape index (κ3) is 4.48. The van der Waals surface area contributed by atoms with E-state index in [9.17, 15) is 4.79 Å². The third-order valence-corrected chi connectivity index (χ3v) is 5.56. The van der Waals surface area contributed by atoms with Crippen molar-refractivity contribution in [2.75, 3.05) is 5.75 Å². The van der Waals surface area contributed by atoms with Gasteiger partial charge in [-0.1, -0.05) is 18.5 Å². The highest BCUT2D eigenvalue weighted by Gasteiger charge is 2.22. The topological polar surface area (TPSA) is 29.1 Å². The van der Waals surface area contributed by atoms with Crippen molar-refractivity contribution in [2.45, 2.75) is 38.0 Å². The van der Waals surface area contributed by atoms with Gasteiger partial charge in [-0.15, -0.1) is 23.1 Å². The molecule has 18 heavy (non-hydrogen) atoms. The second-order valence-corrected chi connectivity index (χ2v) is 7.67. The fourth-order valence-corrected chi connectivity index (χ4v) is 4.32. The molecule has 0 aromatic carbocycles. The van der Waals surface area contributed by atoms with Crippen LogP contribution in [-0.2, 0) is 10.5 Å². The fraction of sp³-hybridized carbons (Fsp3) is 0.615. The molecular formula is C13H18ClNOS2. The molecule has 1 N–H and O–H groups in total. The van der Waals surface area contributed by atoms with E-state index in [1.807, 2.05) is 12.1 Å². The highest BCUT2D eigenvalue weighted by Crippen LogP contribution is 2.26. The summed E-state index contributed by atoms with van der Waals surface area (Å²) >= 11 is 9.10. The van der Waals surface area contributed by atoms with Gasteiger partial charge in [0.15, 0.2) is 0 Å². The van der Waals surface area contributed by atoms with Crippen LogP contribution in [-0.4, -0.2) is 17.7 Å². The molecule has 0 spiro atoms. The summed E-state index contributed by atoms with van der Waals surface area (Å²) in [6, 6.07) is 4.34. The lowest BCUT2D eigenvalue weighted by molar-refractivity contribution is -0.119. The first-order valence-electron chi connectivity index (χ1n) is 6.25. The van der Waals surface area contributed by atoms with Gasteiger partial charge >= 0.3 is 0 Å². The van der Waals surface area contributed by atoms with Crippen LogP contribution in [0.4, 0.5) is 0 Å². The summed E-state index contributed by atoms with van der Waals surface area (Å²) in [5.41, 5.74) is 0. The van der Waals surface area contributed by atoms with E-state index in [1.165, 1.54) is 11.3 Å². The van der Waals surface area contributed by atoms with Crippen molar-refractivity contribution < 1.29 is 4.79 Å². The molecule has 2 rings (SSSR count). The summed E-state index contributed by atoms with van der Waals surface area (Å²) in [6.07, 6.45) is 3.51. The molecule has 1 heterocycles. The van der Waals surface area contributed by atoms with Crippen LogP contribution >= 0.6 is 34.7 Å². The first kappa shape index (κ1) is 14.2. The second kappa shape index (κ2) is 6.83. The summed E-state index contributed by atoms with van der Waals surface area (Å²) in [5.74, 6) is 2.34. The predicted molar refractivity (Wildman–Crippen MR) is 80.4 cm³/mol. The monoisotopic (exact) mass is 303 g/mol. The summed E-state index contributed by atoms with van der Waals surface area (Å²) < 4.78 is 0.815. The van der Waals surface area contributed by atoms with Crippen molar-refractivity contribution in [3.63, 3.8) is 0 Å². The minimum atomic E-state index is 0.168. The van der Waals surface area contributed by atoms with Gasteiger partial charge < -0.3 is 5.32 Å². The summed E-state index contributed by atoms with van der Waals surface area (Å²) in [4.78, 5) is 13.0. The molecule has 2 nitrogen and oxygen atoms in total. The van der Waals surface area contributed by atoms with Gasteiger partial charge in [-0.2, -0.15) is 0 Å². The maximum atomic E-state index is 11.7. The van der Waals surface area contributed by atoms with Gasteiger partial charge in [0.25, 0.3) is 0 Å². The number of hydrogen-bond acceptors (Lipinski definition) is 3. The molecule has 1 aliphatic rings. The summed E-state index contributed by atoms with van der Waals surface area (Å²) in [5, 5.41) is 3.12. The van der Waals surface area contributed by atoms with Crippen molar-refractivity contribution in [1.29, 1.82) is 0 Å². The molecule has 0 aliphatic heterocycles. The first-order chi connectivity index (χ1) is 8.63. The molecule has 0 saturated heterocycles. The Bertz CT molecular complexity index is 407. The van der Waals surface area contributed by atoms with E-state index in [-0.39, 0.29) is 5.91 Å². The van der Waals surface area contributed by atoms with Gasteiger partial charge in [-0.05, 0) is 37.3 Å². The molecule has 1 fully saturated rings. The van der Waals surface area contributed by atoms with E-state index in [0.29, 0.717) is 11.8 Å². The van der Waals surface area contributed by atoms with Crippen LogP contribution in [0.3, 0.4) is 0 Å². The zero-order chi connectivity index (χ0) is 13.0. The van der Waals surface area contributed by atoms with Crippen LogP contribution in [0.5, 0.6) is 0 Å². The maximum Gasteiger partial charge on any atom is 0.230 e. The van der Waals surface area contributed by atoms with E-state index >= 15 is 0 Å². The number of carbonyl (C=O) groups is 1. The number of thiophene rings is 1. The van der Waals surface area contributed by atoms with Gasteiger partial charge in [0, 0.05) is 16.7 Å². The number of carbonyl (C=O) groups excluding carboxylic acids is 1. The van der Waals surface area contributed by atoms with E-state index < -0.39 is 0 Å². The van der Waals surface area contributed by atoms with Crippen LogP contribution in [0.2, 0.25) is 4.34 Å². The van der Waals surface area contributed by atoms with Crippen LogP contribution in [0, 0.1) is 5.92 Å². The molecule has 2 atom stereocenters. The zero-order valence-corrected chi connectivity index (χ0v) is 12.8. The van der Waals surface area contributed by atoms with Crippen LogP contribution in [0.1, 0.15) is 31.1 Å².